The van der Waals surface area contributed by atoms with Crippen LogP contribution in [0.2, 0.25) is 5.02 Å². The molecule has 0 aliphatic rings. The van der Waals surface area contributed by atoms with Crippen molar-refractivity contribution in [3.63, 3.8) is 0 Å². The van der Waals surface area contributed by atoms with Crippen LogP contribution < -0.4 is 0 Å². The summed E-state index contributed by atoms with van der Waals surface area (Å²) in [6.07, 6.45) is 0.0938. The van der Waals surface area contributed by atoms with Gasteiger partial charge in [-0.25, -0.2) is 0 Å². The van der Waals surface area contributed by atoms with Crippen molar-refractivity contribution in [1.82, 2.24) is 0 Å². The Balaban J connectivity index is 2.76. The first-order chi connectivity index (χ1) is 8.59. The molecule has 3 heteroatoms. The van der Waals surface area contributed by atoms with Crippen LogP contribution in [0.3, 0.4) is 0 Å². The van der Waals surface area contributed by atoms with Crippen molar-refractivity contribution in [3.8, 4) is 0 Å². The fourth-order valence-corrected chi connectivity index (χ4v) is 2.05. The molecule has 0 aromatic heterocycles. The van der Waals surface area contributed by atoms with Gasteiger partial charge in [0, 0.05) is 5.02 Å². The predicted octanol–water partition coefficient (Wildman–Crippen LogP) is 4.15. The molecule has 0 fully saturated rings. The smallest absolute Gasteiger partial charge is 0.102 e. The summed E-state index contributed by atoms with van der Waals surface area (Å²) in [4.78, 5) is 0. The van der Waals surface area contributed by atoms with Gasteiger partial charge >= 0.3 is 0 Å². The molecular formula is C16H27ClNO+. The summed E-state index contributed by atoms with van der Waals surface area (Å²) in [6, 6.07) is 7.98. The minimum atomic E-state index is 0.0682. The number of quaternary nitrogens is 1. The molecule has 0 saturated heterocycles. The van der Waals surface area contributed by atoms with E-state index in [1.165, 1.54) is 5.56 Å². The first kappa shape index (κ1) is 16.5. The maximum atomic E-state index is 6.15. The van der Waals surface area contributed by atoms with Crippen LogP contribution in [-0.4, -0.2) is 38.8 Å². The molecule has 0 amide bonds. The lowest BCUT2D eigenvalue weighted by molar-refractivity contribution is -0.870. The number of halogens is 1. The topological polar surface area (TPSA) is 9.23 Å². The van der Waals surface area contributed by atoms with Crippen molar-refractivity contribution < 1.29 is 9.22 Å². The van der Waals surface area contributed by atoms with E-state index in [4.69, 9.17) is 16.3 Å². The van der Waals surface area contributed by atoms with Gasteiger partial charge in [-0.15, -0.1) is 0 Å². The highest BCUT2D eigenvalue weighted by Crippen LogP contribution is 2.36. The first-order valence-electron chi connectivity index (χ1n) is 6.77. The molecule has 108 valence electrons. The molecule has 1 unspecified atom stereocenters. The van der Waals surface area contributed by atoms with Gasteiger partial charge in [-0.2, -0.15) is 0 Å². The fraction of sp³-hybridized carbons (Fsp3) is 0.625. The Morgan fingerprint density at radius 2 is 1.63 bits per heavy atom. The second-order valence-electron chi connectivity index (χ2n) is 7.18. The van der Waals surface area contributed by atoms with E-state index in [2.05, 4.69) is 54.0 Å². The van der Waals surface area contributed by atoms with Gasteiger partial charge in [-0.1, -0.05) is 44.5 Å². The van der Waals surface area contributed by atoms with Crippen LogP contribution in [0.1, 0.15) is 32.4 Å². The van der Waals surface area contributed by atoms with E-state index in [1.807, 2.05) is 12.1 Å². The van der Waals surface area contributed by atoms with E-state index < -0.39 is 0 Å². The molecule has 0 aliphatic heterocycles. The third kappa shape index (κ3) is 5.94. The minimum Gasteiger partial charge on any atom is -0.367 e. The maximum absolute atomic E-state index is 6.15. The lowest BCUT2D eigenvalue weighted by Crippen LogP contribution is -2.38. The molecule has 0 spiro atoms. The lowest BCUT2D eigenvalue weighted by Gasteiger charge is -2.32. The molecule has 1 atom stereocenters. The van der Waals surface area contributed by atoms with E-state index in [0.717, 1.165) is 22.7 Å². The Morgan fingerprint density at radius 3 is 2.05 bits per heavy atom. The monoisotopic (exact) mass is 284 g/mol. The maximum Gasteiger partial charge on any atom is 0.102 e. The van der Waals surface area contributed by atoms with Crippen LogP contribution >= 0.6 is 11.6 Å². The number of nitrogens with zero attached hydrogens (tertiary/aromatic N) is 1. The highest BCUT2D eigenvalue weighted by atomic mass is 35.5. The van der Waals surface area contributed by atoms with E-state index in [-0.39, 0.29) is 11.5 Å². The molecule has 1 aromatic rings. The van der Waals surface area contributed by atoms with Gasteiger partial charge in [0.05, 0.1) is 33.9 Å². The molecule has 19 heavy (non-hydrogen) atoms. The molecule has 0 bridgehead atoms. The van der Waals surface area contributed by atoms with Crippen LogP contribution in [0.4, 0.5) is 0 Å². The molecule has 0 N–H and O–H groups in total. The SMILES string of the molecule is CC(C)(C)C(OCC[N+](C)(C)C)c1ccc(Cl)cc1. The lowest BCUT2D eigenvalue weighted by atomic mass is 9.84. The van der Waals surface area contributed by atoms with Gasteiger partial charge in [0.15, 0.2) is 0 Å². The molecule has 0 saturated carbocycles. The van der Waals surface area contributed by atoms with Crippen LogP contribution in [0, 0.1) is 5.41 Å². The van der Waals surface area contributed by atoms with Crippen molar-refractivity contribution >= 4 is 11.6 Å². The summed E-state index contributed by atoms with van der Waals surface area (Å²) >= 11 is 5.95. The fourth-order valence-electron chi connectivity index (χ4n) is 1.93. The highest BCUT2D eigenvalue weighted by Gasteiger charge is 2.27. The van der Waals surface area contributed by atoms with E-state index >= 15 is 0 Å². The first-order valence-corrected chi connectivity index (χ1v) is 7.15. The van der Waals surface area contributed by atoms with E-state index in [0.29, 0.717) is 0 Å². The number of hydrogen-bond acceptors (Lipinski definition) is 1. The Bertz CT molecular complexity index is 387. The standard InChI is InChI=1S/C16H27ClNO/c1-16(2,3)15(19-12-11-18(4,5)6)13-7-9-14(17)10-8-13/h7-10,15H,11-12H2,1-6H3/q+1. The molecule has 1 rings (SSSR count). The van der Waals surface area contributed by atoms with Crippen LogP contribution in [0.25, 0.3) is 0 Å². The Morgan fingerprint density at radius 1 is 1.11 bits per heavy atom. The van der Waals surface area contributed by atoms with Gasteiger partial charge in [0.25, 0.3) is 0 Å². The van der Waals surface area contributed by atoms with Crippen LogP contribution in [0.15, 0.2) is 24.3 Å². The van der Waals surface area contributed by atoms with Crippen LogP contribution in [-0.2, 0) is 4.74 Å². The molecule has 0 heterocycles. The van der Waals surface area contributed by atoms with Crippen LogP contribution in [0.5, 0.6) is 0 Å². The average molecular weight is 285 g/mol. The zero-order valence-electron chi connectivity index (χ0n) is 13.0. The average Bonchev–Trinajstić information content (AvgIpc) is 2.23. The molecule has 0 radical (unpaired) electrons. The third-order valence-corrected chi connectivity index (χ3v) is 3.26. The molecule has 0 aliphatic carbocycles. The number of likely N-dealkylation sites (N-methyl/N-ethyl adjacent to an activating group) is 1. The number of benzene rings is 1. The predicted molar refractivity (Wildman–Crippen MR) is 82.5 cm³/mol. The largest absolute Gasteiger partial charge is 0.367 e. The van der Waals surface area contributed by atoms with E-state index in [1.54, 1.807) is 0 Å². The van der Waals surface area contributed by atoms with Gasteiger partial charge in [0.2, 0.25) is 0 Å². The van der Waals surface area contributed by atoms with Crippen molar-refractivity contribution in [3.05, 3.63) is 34.9 Å². The second kappa shape index (κ2) is 6.25. The molecule has 1 aromatic carbocycles. The second-order valence-corrected chi connectivity index (χ2v) is 7.62. The zero-order chi connectivity index (χ0) is 14.7. The Hall–Kier alpha value is -0.570. The van der Waals surface area contributed by atoms with Gasteiger partial charge in [-0.05, 0) is 23.1 Å². The summed E-state index contributed by atoms with van der Waals surface area (Å²) in [5, 5.41) is 0.766. The third-order valence-electron chi connectivity index (χ3n) is 3.01. The highest BCUT2D eigenvalue weighted by molar-refractivity contribution is 6.30. The van der Waals surface area contributed by atoms with Crippen molar-refractivity contribution in [2.45, 2.75) is 26.9 Å². The van der Waals surface area contributed by atoms with Gasteiger partial charge < -0.3 is 9.22 Å². The van der Waals surface area contributed by atoms with Gasteiger partial charge in [0.1, 0.15) is 6.54 Å². The van der Waals surface area contributed by atoms with Gasteiger partial charge in [-0.3, -0.25) is 0 Å². The summed E-state index contributed by atoms with van der Waals surface area (Å²) < 4.78 is 7.06. The zero-order valence-corrected chi connectivity index (χ0v) is 13.8. The summed E-state index contributed by atoms with van der Waals surface area (Å²) in [5.74, 6) is 0. The van der Waals surface area contributed by atoms with Crippen molar-refractivity contribution in [2.75, 3.05) is 34.3 Å². The number of rotatable bonds is 5. The van der Waals surface area contributed by atoms with E-state index in [9.17, 15) is 0 Å². The Labute approximate surface area is 122 Å². The Kier molecular flexibility index (Phi) is 5.43. The van der Waals surface area contributed by atoms with Crippen molar-refractivity contribution in [2.24, 2.45) is 5.41 Å². The summed E-state index contributed by atoms with van der Waals surface area (Å²) in [6.45, 7) is 8.38. The molecular weight excluding hydrogens is 258 g/mol. The number of hydrogen-bond donors (Lipinski definition) is 0. The molecule has 2 nitrogen and oxygen atoms in total. The quantitative estimate of drug-likeness (QED) is 0.738. The normalized spacial score (nSPS) is 14.5. The number of ether oxygens (including phenoxy) is 1. The minimum absolute atomic E-state index is 0.0682. The summed E-state index contributed by atoms with van der Waals surface area (Å²) in [7, 11) is 6.53. The summed E-state index contributed by atoms with van der Waals surface area (Å²) in [5.41, 5.74) is 1.26. The van der Waals surface area contributed by atoms with Crippen molar-refractivity contribution in [1.29, 1.82) is 0 Å².